The van der Waals surface area contributed by atoms with E-state index in [-0.39, 0.29) is 5.54 Å². The largest absolute Gasteiger partial charge is 0.351 e. The van der Waals surface area contributed by atoms with Gasteiger partial charge in [-0.15, -0.1) is 0 Å². The maximum absolute atomic E-state index is 12.2. The molecule has 0 unspecified atom stereocenters. The monoisotopic (exact) mass is 278 g/mol. The molecule has 20 heavy (non-hydrogen) atoms. The first kappa shape index (κ1) is 14.4. The van der Waals surface area contributed by atoms with Crippen LogP contribution in [0.4, 0.5) is 0 Å². The van der Waals surface area contributed by atoms with E-state index < -0.39 is 0 Å². The fourth-order valence-electron chi connectivity index (χ4n) is 5.34. The molecule has 3 nitrogen and oxygen atoms in total. The van der Waals surface area contributed by atoms with Crippen molar-refractivity contribution in [3.63, 3.8) is 0 Å². The zero-order valence-electron chi connectivity index (χ0n) is 13.2. The zero-order valence-corrected chi connectivity index (χ0v) is 13.2. The standard InChI is InChI=1S/C17H30N2O/c1-19(2)6-4-3-5-16(20)18-17-10-13-7-14(11-17)9-15(8-13)12-17/h13-15H,3-12H2,1-2H3,(H,18,20). The van der Waals surface area contributed by atoms with Gasteiger partial charge in [0.1, 0.15) is 0 Å². The van der Waals surface area contributed by atoms with Crippen molar-refractivity contribution in [2.24, 2.45) is 17.8 Å². The van der Waals surface area contributed by atoms with Crippen LogP contribution in [0.25, 0.3) is 0 Å². The second kappa shape index (κ2) is 5.67. The fourth-order valence-corrected chi connectivity index (χ4v) is 5.34. The van der Waals surface area contributed by atoms with Gasteiger partial charge in [-0.3, -0.25) is 4.79 Å². The number of rotatable bonds is 6. The Balaban J connectivity index is 1.46. The van der Waals surface area contributed by atoms with E-state index in [2.05, 4.69) is 24.3 Å². The number of hydrogen-bond acceptors (Lipinski definition) is 2. The number of amides is 1. The summed E-state index contributed by atoms with van der Waals surface area (Å²) in [7, 11) is 4.19. The van der Waals surface area contributed by atoms with Gasteiger partial charge in [-0.2, -0.15) is 0 Å². The predicted octanol–water partition coefficient (Wildman–Crippen LogP) is 2.80. The minimum Gasteiger partial charge on any atom is -0.351 e. The summed E-state index contributed by atoms with van der Waals surface area (Å²) in [5.74, 6) is 3.05. The van der Waals surface area contributed by atoms with Crippen LogP contribution in [0, 0.1) is 17.8 Å². The van der Waals surface area contributed by atoms with Crippen molar-refractivity contribution in [2.75, 3.05) is 20.6 Å². The Hall–Kier alpha value is -0.570. The van der Waals surface area contributed by atoms with E-state index in [0.29, 0.717) is 5.91 Å². The highest BCUT2D eigenvalue weighted by Gasteiger charge is 2.51. The Morgan fingerprint density at radius 3 is 2.10 bits per heavy atom. The average Bonchev–Trinajstić information content (AvgIpc) is 2.32. The normalized spacial score (nSPS) is 38.5. The molecule has 0 aromatic rings. The molecule has 4 fully saturated rings. The molecule has 0 aromatic carbocycles. The maximum Gasteiger partial charge on any atom is 0.220 e. The van der Waals surface area contributed by atoms with Crippen LogP contribution >= 0.6 is 0 Å². The number of nitrogens with one attached hydrogen (secondary N) is 1. The smallest absolute Gasteiger partial charge is 0.220 e. The number of carbonyl (C=O) groups is 1. The minimum atomic E-state index is 0.202. The fraction of sp³-hybridized carbons (Fsp3) is 0.941. The SMILES string of the molecule is CN(C)CCCCC(=O)NC12CC3CC(CC(C3)C1)C2. The van der Waals surface area contributed by atoms with Crippen LogP contribution in [0.1, 0.15) is 57.8 Å². The van der Waals surface area contributed by atoms with Crippen molar-refractivity contribution < 1.29 is 4.79 Å². The summed E-state index contributed by atoms with van der Waals surface area (Å²) in [5, 5.41) is 3.46. The van der Waals surface area contributed by atoms with Crippen LogP contribution in [-0.2, 0) is 4.79 Å². The van der Waals surface area contributed by atoms with Gasteiger partial charge in [0.2, 0.25) is 5.91 Å². The average molecular weight is 278 g/mol. The first-order valence-electron chi connectivity index (χ1n) is 8.50. The van der Waals surface area contributed by atoms with Crippen molar-refractivity contribution in [3.8, 4) is 0 Å². The molecule has 1 N–H and O–H groups in total. The van der Waals surface area contributed by atoms with Crippen LogP contribution in [0.5, 0.6) is 0 Å². The summed E-state index contributed by atoms with van der Waals surface area (Å²) >= 11 is 0. The third-order valence-electron chi connectivity index (χ3n) is 5.70. The first-order chi connectivity index (χ1) is 9.55. The summed E-state index contributed by atoms with van der Waals surface area (Å²) in [4.78, 5) is 14.4. The number of nitrogens with zero attached hydrogens (tertiary/aromatic N) is 1. The van der Waals surface area contributed by atoms with Gasteiger partial charge in [-0.25, -0.2) is 0 Å². The van der Waals surface area contributed by atoms with Crippen molar-refractivity contribution in [2.45, 2.75) is 63.3 Å². The Kier molecular flexibility index (Phi) is 4.07. The van der Waals surface area contributed by atoms with Crippen molar-refractivity contribution in [1.29, 1.82) is 0 Å². The van der Waals surface area contributed by atoms with E-state index in [0.717, 1.165) is 43.6 Å². The first-order valence-corrected chi connectivity index (χ1v) is 8.50. The lowest BCUT2D eigenvalue weighted by atomic mass is 9.53. The lowest BCUT2D eigenvalue weighted by Gasteiger charge is -2.56. The Morgan fingerprint density at radius 2 is 1.60 bits per heavy atom. The van der Waals surface area contributed by atoms with Crippen LogP contribution < -0.4 is 5.32 Å². The summed E-state index contributed by atoms with van der Waals surface area (Å²) in [6.07, 6.45) is 11.0. The zero-order chi connectivity index (χ0) is 14.2. The van der Waals surface area contributed by atoms with Gasteiger partial charge in [0, 0.05) is 12.0 Å². The molecule has 0 heterocycles. The van der Waals surface area contributed by atoms with Crippen LogP contribution in [-0.4, -0.2) is 37.0 Å². The summed E-state index contributed by atoms with van der Waals surface area (Å²) in [6.45, 7) is 1.09. The van der Waals surface area contributed by atoms with Crippen molar-refractivity contribution in [3.05, 3.63) is 0 Å². The van der Waals surface area contributed by atoms with Gasteiger partial charge >= 0.3 is 0 Å². The Morgan fingerprint density at radius 1 is 1.05 bits per heavy atom. The molecule has 0 atom stereocenters. The Labute approximate surface area is 123 Å². The van der Waals surface area contributed by atoms with Crippen molar-refractivity contribution >= 4 is 5.91 Å². The summed E-state index contributed by atoms with van der Waals surface area (Å²) in [6, 6.07) is 0. The molecule has 0 radical (unpaired) electrons. The quantitative estimate of drug-likeness (QED) is 0.758. The van der Waals surface area contributed by atoms with E-state index in [1.807, 2.05) is 0 Å². The van der Waals surface area contributed by atoms with Gasteiger partial charge in [-0.05, 0) is 89.8 Å². The van der Waals surface area contributed by atoms with Crippen LogP contribution in [0.15, 0.2) is 0 Å². The minimum absolute atomic E-state index is 0.202. The molecular formula is C17H30N2O. The highest BCUT2D eigenvalue weighted by molar-refractivity contribution is 5.76. The number of unbranched alkanes of at least 4 members (excludes halogenated alkanes) is 1. The third-order valence-corrected chi connectivity index (χ3v) is 5.70. The molecule has 0 aliphatic heterocycles. The van der Waals surface area contributed by atoms with Crippen molar-refractivity contribution in [1.82, 2.24) is 10.2 Å². The second-order valence-electron chi connectivity index (χ2n) is 8.01. The van der Waals surface area contributed by atoms with E-state index in [9.17, 15) is 4.79 Å². The van der Waals surface area contributed by atoms with Gasteiger partial charge in [-0.1, -0.05) is 0 Å². The Bertz CT molecular complexity index is 329. The second-order valence-corrected chi connectivity index (χ2v) is 8.01. The van der Waals surface area contributed by atoms with Gasteiger partial charge in [0.15, 0.2) is 0 Å². The van der Waals surface area contributed by atoms with E-state index >= 15 is 0 Å². The molecule has 114 valence electrons. The van der Waals surface area contributed by atoms with Crippen LogP contribution in [0.2, 0.25) is 0 Å². The molecular weight excluding hydrogens is 248 g/mol. The third kappa shape index (κ3) is 3.19. The number of carbonyl (C=O) groups excluding carboxylic acids is 1. The molecule has 4 bridgehead atoms. The molecule has 4 aliphatic rings. The van der Waals surface area contributed by atoms with Gasteiger partial charge in [0.25, 0.3) is 0 Å². The topological polar surface area (TPSA) is 32.3 Å². The lowest BCUT2D eigenvalue weighted by molar-refractivity contribution is -0.127. The molecule has 0 spiro atoms. The van der Waals surface area contributed by atoms with E-state index in [1.54, 1.807) is 0 Å². The predicted molar refractivity (Wildman–Crippen MR) is 81.5 cm³/mol. The molecule has 1 amide bonds. The highest BCUT2D eigenvalue weighted by atomic mass is 16.1. The highest BCUT2D eigenvalue weighted by Crippen LogP contribution is 2.55. The maximum atomic E-state index is 12.2. The van der Waals surface area contributed by atoms with E-state index in [4.69, 9.17) is 0 Å². The van der Waals surface area contributed by atoms with Gasteiger partial charge in [0.05, 0.1) is 0 Å². The molecule has 4 aliphatic carbocycles. The molecule has 0 saturated heterocycles. The summed E-state index contributed by atoms with van der Waals surface area (Å²) < 4.78 is 0. The molecule has 4 saturated carbocycles. The number of hydrogen-bond donors (Lipinski definition) is 1. The van der Waals surface area contributed by atoms with Gasteiger partial charge < -0.3 is 10.2 Å². The summed E-state index contributed by atoms with van der Waals surface area (Å²) in [5.41, 5.74) is 0.202. The van der Waals surface area contributed by atoms with E-state index in [1.165, 1.54) is 38.5 Å². The molecule has 4 rings (SSSR count). The lowest BCUT2D eigenvalue weighted by Crippen LogP contribution is -2.59. The molecule has 3 heteroatoms. The molecule has 0 aromatic heterocycles. The van der Waals surface area contributed by atoms with Crippen LogP contribution in [0.3, 0.4) is 0 Å².